The van der Waals surface area contributed by atoms with Gasteiger partial charge in [0.1, 0.15) is 0 Å². The second-order valence-electron chi connectivity index (χ2n) is 3.41. The molecule has 2 aromatic rings. The molecule has 2 heterocycles. The second kappa shape index (κ2) is 4.53. The maximum atomic E-state index is 10.7. The Labute approximate surface area is 93.2 Å². The van der Waals surface area contributed by atoms with Crippen LogP contribution in [0.5, 0.6) is 0 Å². The molecule has 4 heteroatoms. The molecule has 0 spiro atoms. The van der Waals surface area contributed by atoms with Crippen LogP contribution in [0.4, 0.5) is 0 Å². The van der Waals surface area contributed by atoms with Crippen molar-refractivity contribution in [3.05, 3.63) is 48.3 Å². The number of primary amides is 1. The van der Waals surface area contributed by atoms with Crippen LogP contribution in [-0.2, 0) is 11.2 Å². The lowest BCUT2D eigenvalue weighted by Gasteiger charge is -2.01. The number of rotatable bonds is 3. The van der Waals surface area contributed by atoms with E-state index in [0.717, 1.165) is 17.0 Å². The molecule has 4 nitrogen and oxygen atoms in total. The number of nitrogens with zero attached hydrogens (tertiary/aromatic N) is 2. The minimum absolute atomic E-state index is 0.218. The van der Waals surface area contributed by atoms with Crippen molar-refractivity contribution in [1.29, 1.82) is 0 Å². The van der Waals surface area contributed by atoms with Crippen LogP contribution in [-0.4, -0.2) is 15.9 Å². The minimum atomic E-state index is -0.354. The molecule has 0 atom stereocenters. The highest BCUT2D eigenvalue weighted by Gasteiger charge is 2.01. The molecule has 0 aliphatic carbocycles. The summed E-state index contributed by atoms with van der Waals surface area (Å²) in [4.78, 5) is 19.1. The van der Waals surface area contributed by atoms with Crippen molar-refractivity contribution in [2.45, 2.75) is 6.42 Å². The summed E-state index contributed by atoms with van der Waals surface area (Å²) in [5, 5.41) is 0. The molecule has 0 aliphatic rings. The summed E-state index contributed by atoms with van der Waals surface area (Å²) in [7, 11) is 0. The van der Waals surface area contributed by atoms with Crippen LogP contribution in [0, 0.1) is 0 Å². The van der Waals surface area contributed by atoms with Crippen LogP contribution < -0.4 is 5.73 Å². The van der Waals surface area contributed by atoms with E-state index in [9.17, 15) is 4.79 Å². The third kappa shape index (κ3) is 2.42. The van der Waals surface area contributed by atoms with Gasteiger partial charge >= 0.3 is 0 Å². The number of aromatic nitrogens is 2. The van der Waals surface area contributed by atoms with Crippen molar-refractivity contribution >= 4 is 5.91 Å². The summed E-state index contributed by atoms with van der Waals surface area (Å²) >= 11 is 0. The number of amides is 1. The second-order valence-corrected chi connectivity index (χ2v) is 3.41. The van der Waals surface area contributed by atoms with Crippen LogP contribution >= 0.6 is 0 Å². The first-order valence-corrected chi connectivity index (χ1v) is 4.90. The van der Waals surface area contributed by atoms with E-state index in [4.69, 9.17) is 5.73 Å². The number of carbonyl (C=O) groups excluding carboxylic acids is 1. The molecule has 2 aromatic heterocycles. The summed E-state index contributed by atoms with van der Waals surface area (Å²) in [5.74, 6) is -0.354. The summed E-state index contributed by atoms with van der Waals surface area (Å²) in [6.07, 6.45) is 3.58. The van der Waals surface area contributed by atoms with Gasteiger partial charge in [0.2, 0.25) is 5.91 Å². The van der Waals surface area contributed by atoms with E-state index >= 15 is 0 Å². The summed E-state index contributed by atoms with van der Waals surface area (Å²) in [5.41, 5.74) is 7.51. The first-order valence-electron chi connectivity index (χ1n) is 4.90. The van der Waals surface area contributed by atoms with Gasteiger partial charge in [-0.25, -0.2) is 0 Å². The Morgan fingerprint density at radius 1 is 1.12 bits per heavy atom. The molecule has 0 aromatic carbocycles. The number of nitrogens with two attached hydrogens (primary N) is 1. The molecule has 0 unspecified atom stereocenters. The first-order chi connectivity index (χ1) is 7.75. The Hall–Kier alpha value is -2.23. The molecule has 1 amide bonds. The van der Waals surface area contributed by atoms with Gasteiger partial charge in [-0.05, 0) is 23.8 Å². The highest BCUT2D eigenvalue weighted by Crippen LogP contribution is 2.13. The van der Waals surface area contributed by atoms with Crippen molar-refractivity contribution in [2.75, 3.05) is 0 Å². The fraction of sp³-hybridized carbons (Fsp3) is 0.0833. The SMILES string of the molecule is NC(=O)Cc1ccc(-c2ccccn2)nc1. The monoisotopic (exact) mass is 213 g/mol. The van der Waals surface area contributed by atoms with Crippen molar-refractivity contribution < 1.29 is 4.79 Å². The summed E-state index contributed by atoms with van der Waals surface area (Å²) in [6, 6.07) is 9.31. The van der Waals surface area contributed by atoms with Gasteiger partial charge in [-0.1, -0.05) is 12.1 Å². The molecule has 0 fully saturated rings. The molecule has 0 saturated heterocycles. The minimum Gasteiger partial charge on any atom is -0.369 e. The van der Waals surface area contributed by atoms with Gasteiger partial charge in [-0.15, -0.1) is 0 Å². The predicted molar refractivity (Wildman–Crippen MR) is 60.4 cm³/mol. The van der Waals surface area contributed by atoms with E-state index in [-0.39, 0.29) is 12.3 Å². The number of hydrogen-bond donors (Lipinski definition) is 1. The van der Waals surface area contributed by atoms with Gasteiger partial charge in [0.15, 0.2) is 0 Å². The van der Waals surface area contributed by atoms with Crippen LogP contribution in [0.1, 0.15) is 5.56 Å². The van der Waals surface area contributed by atoms with Gasteiger partial charge in [0, 0.05) is 12.4 Å². The zero-order valence-electron chi connectivity index (χ0n) is 8.63. The van der Waals surface area contributed by atoms with E-state index in [1.807, 2.05) is 30.3 Å². The molecule has 0 saturated carbocycles. The molecule has 80 valence electrons. The number of pyridine rings is 2. The van der Waals surface area contributed by atoms with Gasteiger partial charge in [-0.3, -0.25) is 14.8 Å². The third-order valence-corrected chi connectivity index (χ3v) is 2.13. The lowest BCUT2D eigenvalue weighted by atomic mass is 10.1. The average molecular weight is 213 g/mol. The Kier molecular flexibility index (Phi) is 2.91. The molecule has 16 heavy (non-hydrogen) atoms. The first kappa shape index (κ1) is 10.3. The van der Waals surface area contributed by atoms with Gasteiger partial charge in [0.25, 0.3) is 0 Å². The van der Waals surface area contributed by atoms with E-state index in [1.54, 1.807) is 12.4 Å². The van der Waals surface area contributed by atoms with Crippen molar-refractivity contribution in [1.82, 2.24) is 9.97 Å². The Morgan fingerprint density at radius 3 is 2.50 bits per heavy atom. The predicted octanol–water partition coefficient (Wildman–Crippen LogP) is 1.17. The summed E-state index contributed by atoms with van der Waals surface area (Å²) in [6.45, 7) is 0. The zero-order valence-corrected chi connectivity index (χ0v) is 8.63. The van der Waals surface area contributed by atoms with E-state index in [1.165, 1.54) is 0 Å². The third-order valence-electron chi connectivity index (χ3n) is 2.13. The molecule has 0 aliphatic heterocycles. The molecule has 2 rings (SSSR count). The largest absolute Gasteiger partial charge is 0.369 e. The van der Waals surface area contributed by atoms with Crippen LogP contribution in [0.15, 0.2) is 42.7 Å². The number of hydrogen-bond acceptors (Lipinski definition) is 3. The molecule has 0 radical (unpaired) electrons. The molecular weight excluding hydrogens is 202 g/mol. The number of carbonyl (C=O) groups is 1. The highest BCUT2D eigenvalue weighted by molar-refractivity contribution is 5.76. The van der Waals surface area contributed by atoms with Crippen LogP contribution in [0.2, 0.25) is 0 Å². The fourth-order valence-corrected chi connectivity index (χ4v) is 1.40. The fourth-order valence-electron chi connectivity index (χ4n) is 1.40. The van der Waals surface area contributed by atoms with Crippen molar-refractivity contribution in [3.63, 3.8) is 0 Å². The molecule has 2 N–H and O–H groups in total. The molecule has 0 bridgehead atoms. The van der Waals surface area contributed by atoms with E-state index in [2.05, 4.69) is 9.97 Å². The Balaban J connectivity index is 2.23. The maximum Gasteiger partial charge on any atom is 0.221 e. The van der Waals surface area contributed by atoms with Crippen molar-refractivity contribution in [2.24, 2.45) is 5.73 Å². The standard InChI is InChI=1S/C12H11N3O/c13-12(16)7-9-4-5-11(15-8-9)10-3-1-2-6-14-10/h1-6,8H,7H2,(H2,13,16). The lowest BCUT2D eigenvalue weighted by Crippen LogP contribution is -2.13. The summed E-state index contributed by atoms with van der Waals surface area (Å²) < 4.78 is 0. The Bertz CT molecular complexity index is 479. The molecular formula is C12H11N3O. The maximum absolute atomic E-state index is 10.7. The normalized spacial score (nSPS) is 10.0. The quantitative estimate of drug-likeness (QED) is 0.832. The zero-order chi connectivity index (χ0) is 11.4. The van der Waals surface area contributed by atoms with Crippen LogP contribution in [0.3, 0.4) is 0 Å². The van der Waals surface area contributed by atoms with E-state index in [0.29, 0.717) is 0 Å². The van der Waals surface area contributed by atoms with E-state index < -0.39 is 0 Å². The van der Waals surface area contributed by atoms with Crippen LogP contribution in [0.25, 0.3) is 11.4 Å². The van der Waals surface area contributed by atoms with Crippen molar-refractivity contribution in [3.8, 4) is 11.4 Å². The topological polar surface area (TPSA) is 68.9 Å². The van der Waals surface area contributed by atoms with Gasteiger partial charge in [-0.2, -0.15) is 0 Å². The lowest BCUT2D eigenvalue weighted by molar-refractivity contribution is -0.117. The average Bonchev–Trinajstić information content (AvgIpc) is 2.30. The van der Waals surface area contributed by atoms with Gasteiger partial charge in [0.05, 0.1) is 17.8 Å². The smallest absolute Gasteiger partial charge is 0.221 e. The highest BCUT2D eigenvalue weighted by atomic mass is 16.1. The Morgan fingerprint density at radius 2 is 1.94 bits per heavy atom. The van der Waals surface area contributed by atoms with Gasteiger partial charge < -0.3 is 5.73 Å².